The summed E-state index contributed by atoms with van der Waals surface area (Å²) in [4.78, 5) is 0. The van der Waals surface area contributed by atoms with E-state index < -0.39 is 0 Å². The molecule has 0 aliphatic heterocycles. The van der Waals surface area contributed by atoms with E-state index in [1.165, 1.54) is 12.1 Å². The summed E-state index contributed by atoms with van der Waals surface area (Å²) in [6.45, 7) is 0. The van der Waals surface area contributed by atoms with Crippen molar-refractivity contribution in [3.63, 3.8) is 0 Å². The molecule has 3 nitrogen and oxygen atoms in total. The lowest BCUT2D eigenvalue weighted by Crippen LogP contribution is -1.97. The van der Waals surface area contributed by atoms with Crippen LogP contribution in [0.2, 0.25) is 0 Å². The first-order valence-corrected chi connectivity index (χ1v) is 4.76. The molecule has 15 heavy (non-hydrogen) atoms. The maximum Gasteiger partial charge on any atom is 0.126 e. The van der Waals surface area contributed by atoms with Gasteiger partial charge < -0.3 is 15.3 Å². The highest BCUT2D eigenvalue weighted by Crippen LogP contribution is 2.40. The molecule has 1 aliphatic carbocycles. The molecule has 1 unspecified atom stereocenters. The second kappa shape index (κ2) is 3.69. The maximum atomic E-state index is 9.65. The highest BCUT2D eigenvalue weighted by Gasteiger charge is 2.18. The summed E-state index contributed by atoms with van der Waals surface area (Å²) in [7, 11) is 0. The summed E-state index contributed by atoms with van der Waals surface area (Å²) < 4.78 is 0. The van der Waals surface area contributed by atoms with Crippen molar-refractivity contribution in [1.82, 2.24) is 0 Å². The van der Waals surface area contributed by atoms with E-state index in [9.17, 15) is 10.2 Å². The van der Waals surface area contributed by atoms with Crippen LogP contribution in [0.5, 0.6) is 17.2 Å². The van der Waals surface area contributed by atoms with Crippen molar-refractivity contribution < 1.29 is 15.3 Å². The number of phenols is 3. The minimum absolute atomic E-state index is 0.0319. The zero-order chi connectivity index (χ0) is 10.8. The maximum absolute atomic E-state index is 9.65. The number of benzene rings is 1. The van der Waals surface area contributed by atoms with Crippen molar-refractivity contribution >= 4 is 0 Å². The van der Waals surface area contributed by atoms with E-state index in [0.717, 1.165) is 6.42 Å². The second-order valence-electron chi connectivity index (χ2n) is 3.55. The summed E-state index contributed by atoms with van der Waals surface area (Å²) in [5.41, 5.74) is 0.466. The Hall–Kier alpha value is -1.90. The van der Waals surface area contributed by atoms with Gasteiger partial charge in [0.05, 0.1) is 0 Å². The molecule has 0 bridgehead atoms. The largest absolute Gasteiger partial charge is 0.508 e. The molecule has 0 amide bonds. The first-order chi connectivity index (χ1) is 7.18. The highest BCUT2D eigenvalue weighted by molar-refractivity contribution is 5.52. The van der Waals surface area contributed by atoms with E-state index in [1.54, 1.807) is 0 Å². The van der Waals surface area contributed by atoms with Crippen LogP contribution in [0.1, 0.15) is 17.9 Å². The van der Waals surface area contributed by atoms with Gasteiger partial charge in [0.2, 0.25) is 0 Å². The average molecular weight is 204 g/mol. The molecule has 0 radical (unpaired) electrons. The van der Waals surface area contributed by atoms with Gasteiger partial charge in [-0.05, 0) is 6.42 Å². The molecule has 0 saturated heterocycles. The summed E-state index contributed by atoms with van der Waals surface area (Å²) in [5.74, 6) is -0.311. The second-order valence-corrected chi connectivity index (χ2v) is 3.55. The minimum atomic E-state index is -0.135. The fraction of sp³-hybridized carbons (Fsp3) is 0.167. The zero-order valence-corrected chi connectivity index (χ0v) is 8.09. The SMILES string of the molecule is Oc1cc(O)c(C2C=CC=CC2)c(O)c1. The van der Waals surface area contributed by atoms with Crippen LogP contribution < -0.4 is 0 Å². The molecule has 0 heterocycles. The molecule has 3 heteroatoms. The molecule has 78 valence electrons. The van der Waals surface area contributed by atoms with Gasteiger partial charge in [0.15, 0.2) is 0 Å². The summed E-state index contributed by atoms with van der Waals surface area (Å²) in [5, 5.41) is 28.5. The van der Waals surface area contributed by atoms with Crippen molar-refractivity contribution in [1.29, 1.82) is 0 Å². The average Bonchev–Trinajstić information content (AvgIpc) is 2.17. The number of aromatic hydroxyl groups is 3. The molecule has 0 aromatic heterocycles. The lowest BCUT2D eigenvalue weighted by atomic mass is 9.91. The van der Waals surface area contributed by atoms with E-state index in [4.69, 9.17) is 5.11 Å². The van der Waals surface area contributed by atoms with E-state index >= 15 is 0 Å². The van der Waals surface area contributed by atoms with Crippen molar-refractivity contribution in [2.75, 3.05) is 0 Å². The van der Waals surface area contributed by atoms with Crippen molar-refractivity contribution in [3.8, 4) is 17.2 Å². The molecular formula is C12H12O3. The normalized spacial score (nSPS) is 19.3. The van der Waals surface area contributed by atoms with Crippen molar-refractivity contribution in [2.24, 2.45) is 0 Å². The van der Waals surface area contributed by atoms with Gasteiger partial charge in [-0.15, -0.1) is 0 Å². The molecular weight excluding hydrogens is 192 g/mol. The minimum Gasteiger partial charge on any atom is -0.508 e. The zero-order valence-electron chi connectivity index (χ0n) is 8.09. The molecule has 0 saturated carbocycles. The number of hydrogen-bond acceptors (Lipinski definition) is 3. The third-order valence-corrected chi connectivity index (χ3v) is 2.47. The quantitative estimate of drug-likeness (QED) is 0.658. The van der Waals surface area contributed by atoms with Gasteiger partial charge in [0.1, 0.15) is 17.2 Å². The van der Waals surface area contributed by atoms with E-state index in [2.05, 4.69) is 0 Å². The van der Waals surface area contributed by atoms with E-state index in [0.29, 0.717) is 5.56 Å². The van der Waals surface area contributed by atoms with Gasteiger partial charge in [0, 0.05) is 23.6 Å². The third-order valence-electron chi connectivity index (χ3n) is 2.47. The molecule has 1 aromatic rings. The number of rotatable bonds is 1. The molecule has 0 fully saturated rings. The van der Waals surface area contributed by atoms with Gasteiger partial charge in [-0.25, -0.2) is 0 Å². The molecule has 2 rings (SSSR count). The van der Waals surface area contributed by atoms with Crippen LogP contribution in [0.15, 0.2) is 36.4 Å². The van der Waals surface area contributed by atoms with E-state index in [-0.39, 0.29) is 23.2 Å². The van der Waals surface area contributed by atoms with Crippen LogP contribution in [-0.4, -0.2) is 15.3 Å². The van der Waals surface area contributed by atoms with Gasteiger partial charge in [0.25, 0.3) is 0 Å². The third kappa shape index (κ3) is 1.81. The number of allylic oxidation sites excluding steroid dienone is 4. The molecule has 0 spiro atoms. The Morgan fingerprint density at radius 3 is 2.20 bits per heavy atom. The molecule has 3 N–H and O–H groups in total. The Morgan fingerprint density at radius 1 is 1.00 bits per heavy atom. The highest BCUT2D eigenvalue weighted by atomic mass is 16.3. The van der Waals surface area contributed by atoms with Crippen LogP contribution in [0.4, 0.5) is 0 Å². The lowest BCUT2D eigenvalue weighted by Gasteiger charge is -2.16. The van der Waals surface area contributed by atoms with Gasteiger partial charge in [-0.1, -0.05) is 24.3 Å². The van der Waals surface area contributed by atoms with Crippen LogP contribution in [0.25, 0.3) is 0 Å². The lowest BCUT2D eigenvalue weighted by molar-refractivity contribution is 0.416. The van der Waals surface area contributed by atoms with Gasteiger partial charge in [-0.3, -0.25) is 0 Å². The Bertz CT molecular complexity index is 409. The Labute approximate surface area is 87.6 Å². The van der Waals surface area contributed by atoms with Gasteiger partial charge >= 0.3 is 0 Å². The standard InChI is InChI=1S/C12H12O3/c13-9-6-10(14)12(11(15)7-9)8-4-2-1-3-5-8/h1-4,6-8,13-15H,5H2. The Kier molecular flexibility index (Phi) is 2.37. The van der Waals surface area contributed by atoms with Crippen molar-refractivity contribution in [3.05, 3.63) is 42.0 Å². The number of hydrogen-bond donors (Lipinski definition) is 3. The number of phenolic OH excluding ortho intramolecular Hbond substituents is 3. The van der Waals surface area contributed by atoms with Gasteiger partial charge in [-0.2, -0.15) is 0 Å². The first kappa shape index (κ1) is 9.65. The summed E-state index contributed by atoms with van der Waals surface area (Å²) in [6, 6.07) is 2.47. The fourth-order valence-corrected chi connectivity index (χ4v) is 1.78. The monoisotopic (exact) mass is 204 g/mol. The Balaban J connectivity index is 2.43. The topological polar surface area (TPSA) is 60.7 Å². The van der Waals surface area contributed by atoms with Crippen molar-refractivity contribution in [2.45, 2.75) is 12.3 Å². The van der Waals surface area contributed by atoms with Crippen LogP contribution >= 0.6 is 0 Å². The Morgan fingerprint density at radius 2 is 1.67 bits per heavy atom. The van der Waals surface area contributed by atoms with Crippen LogP contribution in [0.3, 0.4) is 0 Å². The summed E-state index contributed by atoms with van der Waals surface area (Å²) >= 11 is 0. The summed E-state index contributed by atoms with van der Waals surface area (Å²) in [6.07, 6.45) is 8.41. The van der Waals surface area contributed by atoms with E-state index in [1.807, 2.05) is 24.3 Å². The molecule has 1 aromatic carbocycles. The molecule has 1 atom stereocenters. The first-order valence-electron chi connectivity index (χ1n) is 4.76. The van der Waals surface area contributed by atoms with Crippen LogP contribution in [0, 0.1) is 0 Å². The van der Waals surface area contributed by atoms with Crippen LogP contribution in [-0.2, 0) is 0 Å². The smallest absolute Gasteiger partial charge is 0.126 e. The predicted octanol–water partition coefficient (Wildman–Crippen LogP) is 2.40. The fourth-order valence-electron chi connectivity index (χ4n) is 1.78. The molecule has 1 aliphatic rings. The predicted molar refractivity (Wildman–Crippen MR) is 57.1 cm³/mol.